The molecular formula is C22H22S. The van der Waals surface area contributed by atoms with E-state index in [-0.39, 0.29) is 0 Å². The number of hydrogen-bond donors (Lipinski definition) is 0. The molecule has 0 saturated heterocycles. The molecule has 0 heterocycles. The zero-order valence-corrected chi connectivity index (χ0v) is 14.4. The van der Waals surface area contributed by atoms with E-state index in [1.54, 1.807) is 10.5 Å². The van der Waals surface area contributed by atoms with Crippen LogP contribution in [0.1, 0.15) is 30.4 Å². The Kier molecular flexibility index (Phi) is 3.19. The van der Waals surface area contributed by atoms with E-state index < -0.39 is 0 Å². The number of hydrogen-bond acceptors (Lipinski definition) is 1. The van der Waals surface area contributed by atoms with E-state index in [0.717, 1.165) is 23.7 Å². The monoisotopic (exact) mass is 318 g/mol. The molecule has 2 saturated carbocycles. The third kappa shape index (κ3) is 2.13. The molecule has 0 spiro atoms. The summed E-state index contributed by atoms with van der Waals surface area (Å²) in [6.07, 6.45) is 4.40. The van der Waals surface area contributed by atoms with Gasteiger partial charge in [0, 0.05) is 10.8 Å². The number of rotatable bonds is 3. The molecule has 0 nitrogen and oxygen atoms in total. The van der Waals surface area contributed by atoms with Crippen molar-refractivity contribution >= 4 is 17.3 Å². The molecule has 0 aromatic heterocycles. The Morgan fingerprint density at radius 3 is 2.26 bits per heavy atom. The SMILES string of the molecule is Cc1ccc(SC2=C(c3ccccc3)[C@H]3[C@@H]4CC[C@@H](C4)[C@@H]23)cc1. The van der Waals surface area contributed by atoms with E-state index in [0.29, 0.717) is 0 Å². The molecule has 0 N–H and O–H groups in total. The van der Waals surface area contributed by atoms with Crippen LogP contribution >= 0.6 is 11.8 Å². The molecule has 0 amide bonds. The molecule has 0 unspecified atom stereocenters. The largest absolute Gasteiger partial charge is 0.0939 e. The highest BCUT2D eigenvalue weighted by molar-refractivity contribution is 8.03. The summed E-state index contributed by atoms with van der Waals surface area (Å²) in [6.45, 7) is 2.17. The fourth-order valence-corrected chi connectivity index (χ4v) is 6.51. The van der Waals surface area contributed by atoms with Crippen molar-refractivity contribution in [2.45, 2.75) is 31.1 Å². The van der Waals surface area contributed by atoms with Gasteiger partial charge >= 0.3 is 0 Å². The molecule has 3 aliphatic carbocycles. The van der Waals surface area contributed by atoms with Crippen molar-refractivity contribution in [2.24, 2.45) is 23.7 Å². The lowest BCUT2D eigenvalue weighted by molar-refractivity contribution is 0.294. The first-order valence-corrected chi connectivity index (χ1v) is 9.67. The van der Waals surface area contributed by atoms with Gasteiger partial charge in [-0.25, -0.2) is 0 Å². The van der Waals surface area contributed by atoms with Gasteiger partial charge in [-0.15, -0.1) is 0 Å². The first-order valence-electron chi connectivity index (χ1n) is 8.85. The Hall–Kier alpha value is -1.47. The molecule has 1 heteroatoms. The number of benzene rings is 2. The van der Waals surface area contributed by atoms with E-state index in [2.05, 4.69) is 61.5 Å². The molecule has 5 rings (SSSR count). The van der Waals surface area contributed by atoms with Crippen LogP contribution in [0.25, 0.3) is 5.57 Å². The Morgan fingerprint density at radius 2 is 1.52 bits per heavy atom. The minimum absolute atomic E-state index is 0.851. The molecule has 116 valence electrons. The van der Waals surface area contributed by atoms with Crippen LogP contribution in [-0.4, -0.2) is 0 Å². The minimum atomic E-state index is 0.851. The summed E-state index contributed by atoms with van der Waals surface area (Å²) < 4.78 is 0. The molecule has 0 aliphatic heterocycles. The normalized spacial score (nSPS) is 31.2. The third-order valence-corrected chi connectivity index (χ3v) is 7.37. The number of aryl methyl sites for hydroxylation is 1. The number of allylic oxidation sites excluding steroid dienone is 2. The Balaban J connectivity index is 1.56. The van der Waals surface area contributed by atoms with Crippen molar-refractivity contribution in [3.05, 3.63) is 70.6 Å². The standard InChI is InChI=1S/C22H22S/c1-14-7-11-18(12-8-14)23-22-20(15-5-3-2-4-6-15)19-16-9-10-17(13-16)21(19)22/h2-8,11-12,16-17,19,21H,9-10,13H2,1H3/t16-,17+,19-,21-/m1/s1. The van der Waals surface area contributed by atoms with Gasteiger partial charge in [0.25, 0.3) is 0 Å². The maximum Gasteiger partial charge on any atom is 0.0119 e. The molecule has 3 aliphatic rings. The van der Waals surface area contributed by atoms with E-state index in [9.17, 15) is 0 Å². The highest BCUT2D eigenvalue weighted by Gasteiger charge is 2.57. The zero-order chi connectivity index (χ0) is 15.4. The Bertz CT molecular complexity index is 756. The van der Waals surface area contributed by atoms with Crippen LogP contribution in [0.2, 0.25) is 0 Å². The highest BCUT2D eigenvalue weighted by atomic mass is 32.2. The van der Waals surface area contributed by atoms with Crippen LogP contribution in [-0.2, 0) is 0 Å². The summed E-state index contributed by atoms with van der Waals surface area (Å²) in [6, 6.07) is 20.2. The van der Waals surface area contributed by atoms with Crippen molar-refractivity contribution in [3.8, 4) is 0 Å². The Morgan fingerprint density at radius 1 is 0.826 bits per heavy atom. The predicted molar refractivity (Wildman–Crippen MR) is 98.2 cm³/mol. The van der Waals surface area contributed by atoms with Gasteiger partial charge in [0.15, 0.2) is 0 Å². The van der Waals surface area contributed by atoms with Gasteiger partial charge in [-0.2, -0.15) is 0 Å². The molecule has 2 aromatic rings. The summed E-state index contributed by atoms with van der Waals surface area (Å²) in [5.74, 6) is 3.63. The summed E-state index contributed by atoms with van der Waals surface area (Å²) in [4.78, 5) is 3.08. The second-order valence-corrected chi connectivity index (χ2v) is 8.56. The van der Waals surface area contributed by atoms with E-state index in [1.807, 2.05) is 11.8 Å². The molecule has 2 bridgehead atoms. The van der Waals surface area contributed by atoms with Gasteiger partial charge in [0.05, 0.1) is 0 Å². The number of fused-ring (bicyclic) bond motifs is 5. The Labute approximate surface area is 143 Å². The predicted octanol–water partition coefficient (Wildman–Crippen LogP) is 6.17. The van der Waals surface area contributed by atoms with Crippen molar-refractivity contribution < 1.29 is 0 Å². The van der Waals surface area contributed by atoms with E-state index in [1.165, 1.54) is 35.3 Å². The lowest BCUT2D eigenvalue weighted by Crippen LogP contribution is -2.33. The van der Waals surface area contributed by atoms with Crippen LogP contribution in [0.4, 0.5) is 0 Å². The highest BCUT2D eigenvalue weighted by Crippen LogP contribution is 2.68. The summed E-state index contributed by atoms with van der Waals surface area (Å²) in [7, 11) is 0. The number of thioether (sulfide) groups is 1. The summed E-state index contributed by atoms with van der Waals surface area (Å²) in [5.41, 5.74) is 4.49. The first kappa shape index (κ1) is 13.9. The minimum Gasteiger partial charge on any atom is -0.0939 e. The molecule has 23 heavy (non-hydrogen) atoms. The summed E-state index contributed by atoms with van der Waals surface area (Å²) in [5, 5.41) is 0. The van der Waals surface area contributed by atoms with Gasteiger partial charge in [-0.3, -0.25) is 0 Å². The maximum absolute atomic E-state index is 2.31. The molecule has 4 atom stereocenters. The van der Waals surface area contributed by atoms with Crippen LogP contribution in [0.5, 0.6) is 0 Å². The first-order chi connectivity index (χ1) is 11.3. The molecule has 0 radical (unpaired) electrons. The fraction of sp³-hybridized carbons (Fsp3) is 0.364. The van der Waals surface area contributed by atoms with E-state index >= 15 is 0 Å². The van der Waals surface area contributed by atoms with Gasteiger partial charge in [-0.05, 0) is 72.1 Å². The second kappa shape index (κ2) is 5.27. The van der Waals surface area contributed by atoms with Crippen molar-refractivity contribution in [2.75, 3.05) is 0 Å². The van der Waals surface area contributed by atoms with Gasteiger partial charge in [0.2, 0.25) is 0 Å². The van der Waals surface area contributed by atoms with Gasteiger partial charge < -0.3 is 0 Å². The van der Waals surface area contributed by atoms with Crippen LogP contribution in [0.15, 0.2) is 64.4 Å². The van der Waals surface area contributed by atoms with Crippen molar-refractivity contribution in [1.29, 1.82) is 0 Å². The third-order valence-electron chi connectivity index (χ3n) is 6.15. The molecular weight excluding hydrogens is 296 g/mol. The average molecular weight is 318 g/mol. The fourth-order valence-electron chi connectivity index (χ4n) is 5.14. The quantitative estimate of drug-likeness (QED) is 0.651. The van der Waals surface area contributed by atoms with E-state index in [4.69, 9.17) is 0 Å². The zero-order valence-electron chi connectivity index (χ0n) is 13.5. The van der Waals surface area contributed by atoms with Crippen LogP contribution in [0.3, 0.4) is 0 Å². The topological polar surface area (TPSA) is 0 Å². The molecule has 2 aromatic carbocycles. The molecule has 2 fully saturated rings. The second-order valence-electron chi connectivity index (χ2n) is 7.44. The van der Waals surface area contributed by atoms with Gasteiger partial charge in [0.1, 0.15) is 0 Å². The van der Waals surface area contributed by atoms with Gasteiger partial charge in [-0.1, -0.05) is 59.8 Å². The van der Waals surface area contributed by atoms with Crippen molar-refractivity contribution in [3.63, 3.8) is 0 Å². The van der Waals surface area contributed by atoms with Crippen molar-refractivity contribution in [1.82, 2.24) is 0 Å². The lowest BCUT2D eigenvalue weighted by atomic mass is 9.64. The van der Waals surface area contributed by atoms with Crippen LogP contribution in [0, 0.1) is 30.6 Å². The van der Waals surface area contributed by atoms with Crippen LogP contribution < -0.4 is 0 Å². The smallest absolute Gasteiger partial charge is 0.0119 e. The summed E-state index contributed by atoms with van der Waals surface area (Å²) >= 11 is 2.04. The lowest BCUT2D eigenvalue weighted by Gasteiger charge is -2.45. The average Bonchev–Trinajstić information content (AvgIpc) is 3.13. The maximum atomic E-state index is 2.31.